The first-order chi connectivity index (χ1) is 35.8. The largest absolute Gasteiger partial charge is 0.446 e. The number of rotatable bonds is 23. The van der Waals surface area contributed by atoms with Gasteiger partial charge in [-0.3, -0.25) is 23.7 Å². The lowest BCUT2D eigenvalue weighted by Gasteiger charge is -2.39. The van der Waals surface area contributed by atoms with Gasteiger partial charge in [-0.05, 0) is 192 Å². The maximum atomic E-state index is 14.2. The summed E-state index contributed by atoms with van der Waals surface area (Å²) in [5.41, 5.74) is 1.31. The van der Waals surface area contributed by atoms with Gasteiger partial charge in [0.2, 0.25) is 0 Å². The van der Waals surface area contributed by atoms with Crippen LogP contribution >= 0.6 is 55.4 Å². The number of amides is 1. The number of carbonyl (C=O) groups is 2. The number of esters is 1. The maximum absolute atomic E-state index is 14.2. The van der Waals surface area contributed by atoms with E-state index in [1.54, 1.807) is 44.7 Å². The molecule has 0 saturated carbocycles. The Kier molecular flexibility index (Phi) is 22.1. The minimum Gasteiger partial charge on any atom is -0.438 e. The summed E-state index contributed by atoms with van der Waals surface area (Å²) in [6.07, 6.45) is 6.73. The van der Waals surface area contributed by atoms with Gasteiger partial charge < -0.3 is 24.4 Å². The first-order valence-electron chi connectivity index (χ1n) is 26.1. The van der Waals surface area contributed by atoms with Crippen LogP contribution in [0, 0.1) is 16.7 Å². The SMILES string of the molecule is CCOP(CC1CCN(CCC(CSc2ccccc2)Nc2ccc(SNC(=O)c3ccc(N4CCN(CC5=C(c6ccc(Cl)cc6)CCC(C)(C)C5)CC4)cc3)cc2SC(F)(F)F)CC1)OCOC(=O)C(C)(C)C. The zero-order valence-corrected chi connectivity index (χ0v) is 48.3. The minimum atomic E-state index is -4.52. The van der Waals surface area contributed by atoms with E-state index in [1.165, 1.54) is 29.2 Å². The summed E-state index contributed by atoms with van der Waals surface area (Å²) in [5.74, 6) is 0.409. The fourth-order valence-electron chi connectivity index (χ4n) is 9.59. The lowest BCUT2D eigenvalue weighted by molar-refractivity contribution is -0.159. The number of nitrogens with one attached hydrogen (secondary N) is 2. The van der Waals surface area contributed by atoms with Crippen molar-refractivity contribution < 1.29 is 36.5 Å². The average molecular weight is 1130 g/mol. The minimum absolute atomic E-state index is 0.0456. The van der Waals surface area contributed by atoms with E-state index in [0.29, 0.717) is 34.4 Å². The molecule has 0 bridgehead atoms. The highest BCUT2D eigenvalue weighted by Crippen LogP contribution is 2.45. The molecule has 1 amide bonds. The molecule has 3 aliphatic rings. The Bertz CT molecular complexity index is 2490. The molecule has 2 fully saturated rings. The maximum Gasteiger partial charge on any atom is 0.446 e. The van der Waals surface area contributed by atoms with Crippen molar-refractivity contribution in [1.82, 2.24) is 14.5 Å². The Labute approximate surface area is 462 Å². The van der Waals surface area contributed by atoms with Crippen LogP contribution in [0.25, 0.3) is 5.57 Å². The number of hydrogen-bond acceptors (Lipinski definition) is 12. The Morgan fingerprint density at radius 2 is 1.57 bits per heavy atom. The molecular formula is C57H74ClF3N5O5PS3. The number of likely N-dealkylation sites (tertiary alicyclic amines) is 1. The molecule has 4 aromatic rings. The van der Waals surface area contributed by atoms with Crippen molar-refractivity contribution in [3.05, 3.63) is 119 Å². The fourth-order valence-corrected chi connectivity index (χ4v) is 13.6. The lowest BCUT2D eigenvalue weighted by atomic mass is 9.73. The van der Waals surface area contributed by atoms with Crippen molar-refractivity contribution in [2.45, 2.75) is 106 Å². The van der Waals surface area contributed by atoms with Gasteiger partial charge in [0.1, 0.15) is 0 Å². The first-order valence-corrected chi connectivity index (χ1v) is 30.4. The van der Waals surface area contributed by atoms with Gasteiger partial charge in [0.05, 0.1) is 12.0 Å². The van der Waals surface area contributed by atoms with Crippen LogP contribution in [0.2, 0.25) is 5.02 Å². The van der Waals surface area contributed by atoms with Gasteiger partial charge >= 0.3 is 11.5 Å². The van der Waals surface area contributed by atoms with Gasteiger partial charge in [0.15, 0.2) is 15.2 Å². The highest BCUT2D eigenvalue weighted by atomic mass is 35.5. The molecule has 2 heterocycles. The van der Waals surface area contributed by atoms with Gasteiger partial charge in [0.25, 0.3) is 5.91 Å². The number of carbonyl (C=O) groups excluding carboxylic acids is 2. The predicted molar refractivity (Wildman–Crippen MR) is 306 cm³/mol. The van der Waals surface area contributed by atoms with Crippen LogP contribution in [-0.4, -0.2) is 111 Å². The number of nitrogens with zero attached hydrogens (tertiary/aromatic N) is 3. The number of allylic oxidation sites excluding steroid dienone is 1. The summed E-state index contributed by atoms with van der Waals surface area (Å²) in [5, 5.41) is 4.26. The van der Waals surface area contributed by atoms with Gasteiger partial charge in [-0.1, -0.05) is 61.4 Å². The van der Waals surface area contributed by atoms with E-state index in [0.717, 1.165) is 118 Å². The van der Waals surface area contributed by atoms with E-state index in [1.807, 2.05) is 73.7 Å². The summed E-state index contributed by atoms with van der Waals surface area (Å²) in [6, 6.07) is 30.6. The number of piperazine rings is 1. The fraction of sp³-hybridized carbons (Fsp3) is 0.509. The van der Waals surface area contributed by atoms with Crippen LogP contribution in [-0.2, 0) is 18.6 Å². The highest BCUT2D eigenvalue weighted by Gasteiger charge is 2.33. The molecule has 18 heteroatoms. The molecule has 0 aromatic heterocycles. The summed E-state index contributed by atoms with van der Waals surface area (Å²) in [4.78, 5) is 34.6. The van der Waals surface area contributed by atoms with E-state index in [-0.39, 0.29) is 46.8 Å². The summed E-state index contributed by atoms with van der Waals surface area (Å²) < 4.78 is 62.5. The van der Waals surface area contributed by atoms with E-state index < -0.39 is 19.3 Å². The van der Waals surface area contributed by atoms with Crippen LogP contribution in [0.1, 0.15) is 96.0 Å². The van der Waals surface area contributed by atoms with Crippen LogP contribution in [0.3, 0.4) is 0 Å². The van der Waals surface area contributed by atoms with Gasteiger partial charge in [-0.15, -0.1) is 11.8 Å². The molecule has 4 aromatic carbocycles. The van der Waals surface area contributed by atoms with E-state index in [2.05, 4.69) is 50.7 Å². The van der Waals surface area contributed by atoms with Gasteiger partial charge in [-0.2, -0.15) is 13.2 Å². The lowest BCUT2D eigenvalue weighted by Crippen LogP contribution is -2.47. The molecule has 2 saturated heterocycles. The smallest absolute Gasteiger partial charge is 0.438 e. The molecule has 75 heavy (non-hydrogen) atoms. The number of hydrogen-bond donors (Lipinski definition) is 2. The van der Waals surface area contributed by atoms with E-state index in [9.17, 15) is 22.8 Å². The molecule has 2 N–H and O–H groups in total. The number of thioether (sulfide) groups is 2. The number of piperidine rings is 1. The zero-order valence-electron chi connectivity index (χ0n) is 44.2. The Balaban J connectivity index is 0.916. The average Bonchev–Trinajstić information content (AvgIpc) is 3.37. The number of alkyl halides is 3. The molecule has 10 nitrogen and oxygen atoms in total. The number of benzene rings is 4. The van der Waals surface area contributed by atoms with Gasteiger partial charge in [-0.25, -0.2) is 0 Å². The second-order valence-electron chi connectivity index (χ2n) is 21.4. The van der Waals surface area contributed by atoms with Crippen molar-refractivity contribution in [2.75, 3.05) is 87.9 Å². The second kappa shape index (κ2) is 27.9. The molecule has 0 radical (unpaired) electrons. The molecule has 408 valence electrons. The van der Waals surface area contributed by atoms with Crippen molar-refractivity contribution in [3.63, 3.8) is 0 Å². The standard InChI is InChI=1S/C57H74ClF3N5O5PS3/c1-7-70-72(71-40-69-54(68)55(2,3)4)38-41-24-28-64(29-25-41)30-26-46(39-73-48-11-9-8-10-12-48)62-51-22-21-49(35-52(51)74-57(59,60)61)75-63-53(67)43-15-19-47(20-16-43)66-33-31-65(32-34-66)37-44-36-56(5,6)27-23-50(44)42-13-17-45(58)18-14-42/h8-22,35,41,46,62H,7,23-34,36-40H2,1-6H3,(H,63,67). The van der Waals surface area contributed by atoms with E-state index in [4.69, 9.17) is 25.4 Å². The normalized spacial score (nSPS) is 17.9. The molecular weight excluding hydrogens is 1050 g/mol. The number of ether oxygens (including phenoxy) is 1. The highest BCUT2D eigenvalue weighted by molar-refractivity contribution is 8.00. The first kappa shape index (κ1) is 59.2. The summed E-state index contributed by atoms with van der Waals surface area (Å²) in [6.45, 7) is 19.6. The van der Waals surface area contributed by atoms with Crippen molar-refractivity contribution in [1.29, 1.82) is 0 Å². The third kappa shape index (κ3) is 19.2. The third-order valence-electron chi connectivity index (χ3n) is 13.8. The predicted octanol–water partition coefficient (Wildman–Crippen LogP) is 14.8. The summed E-state index contributed by atoms with van der Waals surface area (Å²) >= 11 is 8.76. The number of halogens is 4. The van der Waals surface area contributed by atoms with E-state index >= 15 is 0 Å². The third-order valence-corrected chi connectivity index (χ3v) is 18.6. The van der Waals surface area contributed by atoms with Crippen molar-refractivity contribution in [2.24, 2.45) is 16.7 Å². The topological polar surface area (TPSA) is 95.6 Å². The van der Waals surface area contributed by atoms with Crippen LogP contribution < -0.4 is 14.9 Å². The molecule has 0 spiro atoms. The quantitative estimate of drug-likeness (QED) is 0.0243. The molecule has 7 rings (SSSR count). The van der Waals surface area contributed by atoms with Crippen LogP contribution in [0.15, 0.2) is 117 Å². The zero-order chi connectivity index (χ0) is 53.6. The molecule has 2 aliphatic heterocycles. The Hall–Kier alpha value is -3.44. The Morgan fingerprint density at radius 3 is 2.24 bits per heavy atom. The van der Waals surface area contributed by atoms with Crippen LogP contribution in [0.5, 0.6) is 0 Å². The van der Waals surface area contributed by atoms with Crippen LogP contribution in [0.4, 0.5) is 24.5 Å². The van der Waals surface area contributed by atoms with Crippen molar-refractivity contribution in [3.8, 4) is 0 Å². The van der Waals surface area contributed by atoms with Crippen molar-refractivity contribution >= 4 is 84.3 Å². The Morgan fingerprint density at radius 1 is 0.867 bits per heavy atom. The number of anilines is 2. The monoisotopic (exact) mass is 1130 g/mol. The summed E-state index contributed by atoms with van der Waals surface area (Å²) in [7, 11) is -1.20. The molecule has 2 atom stereocenters. The van der Waals surface area contributed by atoms with Gasteiger partial charge in [0, 0.05) is 93.9 Å². The molecule has 2 unspecified atom stereocenters. The molecule has 1 aliphatic carbocycles. The second-order valence-corrected chi connectivity index (χ2v) is 26.4.